The minimum atomic E-state index is -0.730. The van der Waals surface area contributed by atoms with Gasteiger partial charge in [-0.2, -0.15) is 0 Å². The Bertz CT molecular complexity index is 824. The van der Waals surface area contributed by atoms with Crippen LogP contribution in [0.5, 0.6) is 0 Å². The zero-order chi connectivity index (χ0) is 18.9. The molecule has 1 aromatic carbocycles. The highest BCUT2D eigenvalue weighted by molar-refractivity contribution is 7.16. The number of hydroxylamine groups is 2. The number of fused-ring (bicyclic) bond motifs is 1. The van der Waals surface area contributed by atoms with Gasteiger partial charge in [-0.25, -0.2) is 4.79 Å². The van der Waals surface area contributed by atoms with Crippen LogP contribution in [-0.4, -0.2) is 29.1 Å². The second-order valence-corrected chi connectivity index (χ2v) is 8.24. The average molecular weight is 374 g/mol. The summed E-state index contributed by atoms with van der Waals surface area (Å²) in [4.78, 5) is 30.9. The van der Waals surface area contributed by atoms with E-state index in [9.17, 15) is 9.59 Å². The number of ketones is 1. The van der Waals surface area contributed by atoms with Crippen molar-refractivity contribution in [3.63, 3.8) is 0 Å². The van der Waals surface area contributed by atoms with Crippen LogP contribution in [0.3, 0.4) is 0 Å². The van der Waals surface area contributed by atoms with Crippen molar-refractivity contribution in [3.05, 3.63) is 51.9 Å². The van der Waals surface area contributed by atoms with E-state index in [0.717, 1.165) is 10.4 Å². The van der Waals surface area contributed by atoms with E-state index in [4.69, 9.17) is 15.3 Å². The van der Waals surface area contributed by atoms with Crippen molar-refractivity contribution in [2.45, 2.75) is 39.3 Å². The molecule has 1 aliphatic rings. The van der Waals surface area contributed by atoms with Crippen molar-refractivity contribution in [1.82, 2.24) is 5.06 Å². The number of hydrogen-bond acceptors (Lipinski definition) is 7. The Kier molecular flexibility index (Phi) is 5.02. The molecule has 0 amide bonds. The summed E-state index contributed by atoms with van der Waals surface area (Å²) in [6.07, 6.45) is -0.147. The SMILES string of the molecule is CC(C)(C)OC(=O)ON1CCc2c(sc(N)c2C(=O)c2ccccc2)C1. The first-order valence-corrected chi connectivity index (χ1v) is 9.22. The molecule has 0 fully saturated rings. The predicted octanol–water partition coefficient (Wildman–Crippen LogP) is 3.79. The molecule has 0 spiro atoms. The van der Waals surface area contributed by atoms with Crippen LogP contribution in [0.25, 0.3) is 0 Å². The first-order valence-electron chi connectivity index (χ1n) is 8.40. The van der Waals surface area contributed by atoms with Crippen LogP contribution in [-0.2, 0) is 22.5 Å². The van der Waals surface area contributed by atoms with Gasteiger partial charge in [-0.1, -0.05) is 30.3 Å². The fraction of sp³-hybridized carbons (Fsp3) is 0.368. The fourth-order valence-electron chi connectivity index (χ4n) is 2.84. The first kappa shape index (κ1) is 18.4. The van der Waals surface area contributed by atoms with Crippen molar-refractivity contribution < 1.29 is 19.2 Å². The van der Waals surface area contributed by atoms with E-state index in [0.29, 0.717) is 35.6 Å². The number of nitrogens with two attached hydrogens (primary N) is 1. The van der Waals surface area contributed by atoms with E-state index in [-0.39, 0.29) is 5.78 Å². The summed E-state index contributed by atoms with van der Waals surface area (Å²) in [5.41, 5.74) is 7.67. The molecule has 2 aromatic rings. The molecule has 0 radical (unpaired) electrons. The molecule has 0 aliphatic carbocycles. The highest BCUT2D eigenvalue weighted by Gasteiger charge is 2.30. The number of ether oxygens (including phenoxy) is 1. The quantitative estimate of drug-likeness (QED) is 0.650. The Balaban J connectivity index is 1.76. The molecule has 2 heterocycles. The van der Waals surface area contributed by atoms with Crippen molar-refractivity contribution in [2.75, 3.05) is 12.3 Å². The van der Waals surface area contributed by atoms with Gasteiger partial charge in [-0.05, 0) is 32.8 Å². The smallest absolute Gasteiger partial charge is 0.427 e. The molecule has 6 nitrogen and oxygen atoms in total. The van der Waals surface area contributed by atoms with Gasteiger partial charge in [-0.3, -0.25) is 4.79 Å². The van der Waals surface area contributed by atoms with Gasteiger partial charge in [0.15, 0.2) is 5.78 Å². The van der Waals surface area contributed by atoms with Gasteiger partial charge < -0.3 is 15.3 Å². The first-order chi connectivity index (χ1) is 12.2. The third kappa shape index (κ3) is 4.05. The molecule has 3 rings (SSSR count). The van der Waals surface area contributed by atoms with Crippen LogP contribution in [0.4, 0.5) is 9.80 Å². The lowest BCUT2D eigenvalue weighted by Gasteiger charge is -2.27. The number of anilines is 1. The molecular weight excluding hydrogens is 352 g/mol. The van der Waals surface area contributed by atoms with E-state index >= 15 is 0 Å². The molecule has 1 aromatic heterocycles. The van der Waals surface area contributed by atoms with E-state index in [1.807, 2.05) is 18.2 Å². The summed E-state index contributed by atoms with van der Waals surface area (Å²) in [6.45, 7) is 6.22. The van der Waals surface area contributed by atoms with Crippen LogP contribution in [0.15, 0.2) is 30.3 Å². The highest BCUT2D eigenvalue weighted by Crippen LogP contribution is 2.36. The van der Waals surface area contributed by atoms with Crippen LogP contribution in [0, 0.1) is 0 Å². The van der Waals surface area contributed by atoms with Crippen molar-refractivity contribution in [3.8, 4) is 0 Å². The van der Waals surface area contributed by atoms with Gasteiger partial charge in [0.2, 0.25) is 0 Å². The number of rotatable bonds is 3. The summed E-state index contributed by atoms with van der Waals surface area (Å²) in [5.74, 6) is -0.0675. The zero-order valence-corrected chi connectivity index (χ0v) is 15.9. The van der Waals surface area contributed by atoms with Gasteiger partial charge >= 0.3 is 6.16 Å². The number of carbonyl (C=O) groups is 2. The third-order valence-electron chi connectivity index (χ3n) is 3.91. The molecule has 0 saturated heterocycles. The summed E-state index contributed by atoms with van der Waals surface area (Å²) < 4.78 is 5.18. The average Bonchev–Trinajstić information content (AvgIpc) is 2.88. The highest BCUT2D eigenvalue weighted by atomic mass is 32.1. The molecule has 7 heteroatoms. The lowest BCUT2D eigenvalue weighted by molar-refractivity contribution is -0.150. The van der Waals surface area contributed by atoms with Gasteiger partial charge in [-0.15, -0.1) is 16.4 Å². The van der Waals surface area contributed by atoms with E-state index in [1.54, 1.807) is 38.0 Å². The molecule has 0 saturated carbocycles. The molecule has 138 valence electrons. The molecule has 0 atom stereocenters. The minimum Gasteiger partial charge on any atom is -0.427 e. The Morgan fingerprint density at radius 2 is 1.88 bits per heavy atom. The standard InChI is InChI=1S/C19H22N2O4S/c1-19(2,3)24-18(23)25-21-10-9-13-14(11-21)26-17(20)15(13)16(22)12-7-5-4-6-8-12/h4-8H,9-11,20H2,1-3H3. The number of thiophene rings is 1. The minimum absolute atomic E-state index is 0.0675. The molecular formula is C19H22N2O4S. The summed E-state index contributed by atoms with van der Waals surface area (Å²) in [5, 5.41) is 2.05. The maximum Gasteiger partial charge on any atom is 0.528 e. The fourth-order valence-corrected chi connectivity index (χ4v) is 3.96. The number of hydrogen-bond donors (Lipinski definition) is 1. The van der Waals surface area contributed by atoms with Gasteiger partial charge in [0.05, 0.1) is 17.1 Å². The molecule has 0 unspecified atom stereocenters. The Morgan fingerprint density at radius 3 is 2.54 bits per heavy atom. The van der Waals surface area contributed by atoms with Crippen molar-refractivity contribution >= 4 is 28.3 Å². The van der Waals surface area contributed by atoms with Gasteiger partial charge in [0.25, 0.3) is 0 Å². The maximum absolute atomic E-state index is 12.8. The van der Waals surface area contributed by atoms with E-state index in [1.165, 1.54) is 11.3 Å². The zero-order valence-electron chi connectivity index (χ0n) is 15.1. The van der Waals surface area contributed by atoms with Crippen LogP contribution in [0.2, 0.25) is 0 Å². The Morgan fingerprint density at radius 1 is 1.19 bits per heavy atom. The number of nitrogens with zero attached hydrogens (tertiary/aromatic N) is 1. The summed E-state index contributed by atoms with van der Waals surface area (Å²) in [6, 6.07) is 9.10. The normalized spacial score (nSPS) is 14.6. The van der Waals surface area contributed by atoms with E-state index < -0.39 is 11.8 Å². The van der Waals surface area contributed by atoms with E-state index in [2.05, 4.69) is 0 Å². The lowest BCUT2D eigenvalue weighted by Crippen LogP contribution is -2.35. The topological polar surface area (TPSA) is 81.9 Å². The predicted molar refractivity (Wildman–Crippen MR) is 100 cm³/mol. The number of benzene rings is 1. The monoisotopic (exact) mass is 374 g/mol. The second-order valence-electron chi connectivity index (χ2n) is 7.11. The Hall–Kier alpha value is -2.38. The summed E-state index contributed by atoms with van der Waals surface area (Å²) in [7, 11) is 0. The lowest BCUT2D eigenvalue weighted by atomic mass is 9.97. The molecule has 1 aliphatic heterocycles. The molecule has 0 bridgehead atoms. The third-order valence-corrected chi connectivity index (χ3v) is 4.95. The number of carbonyl (C=O) groups excluding carboxylic acids is 2. The van der Waals surface area contributed by atoms with Crippen molar-refractivity contribution in [1.29, 1.82) is 0 Å². The maximum atomic E-state index is 12.8. The Labute approximate surface area is 156 Å². The molecule has 2 N–H and O–H groups in total. The molecule has 26 heavy (non-hydrogen) atoms. The number of nitrogen functional groups attached to an aromatic ring is 1. The summed E-state index contributed by atoms with van der Waals surface area (Å²) >= 11 is 1.37. The van der Waals surface area contributed by atoms with Crippen LogP contribution >= 0.6 is 11.3 Å². The second kappa shape index (κ2) is 7.09. The van der Waals surface area contributed by atoms with Gasteiger partial charge in [0.1, 0.15) is 5.60 Å². The largest absolute Gasteiger partial charge is 0.528 e. The van der Waals surface area contributed by atoms with Crippen LogP contribution < -0.4 is 5.73 Å². The van der Waals surface area contributed by atoms with Crippen molar-refractivity contribution in [2.24, 2.45) is 0 Å². The van der Waals surface area contributed by atoms with Crippen LogP contribution in [0.1, 0.15) is 47.1 Å². The van der Waals surface area contributed by atoms with Gasteiger partial charge in [0, 0.05) is 17.0 Å².